The molecule has 152 valence electrons. The minimum absolute atomic E-state index is 0.266. The summed E-state index contributed by atoms with van der Waals surface area (Å²) in [6.45, 7) is 9.08. The minimum atomic E-state index is -0.458. The Balaban J connectivity index is 1.85. The highest BCUT2D eigenvalue weighted by molar-refractivity contribution is 9.11. The van der Waals surface area contributed by atoms with E-state index in [9.17, 15) is 4.79 Å². The average Bonchev–Trinajstić information content (AvgIpc) is 3.01. The second-order valence-corrected chi connectivity index (χ2v) is 9.34. The zero-order valence-electron chi connectivity index (χ0n) is 16.8. The molecule has 0 spiro atoms. The van der Waals surface area contributed by atoms with Crippen molar-refractivity contribution in [2.24, 2.45) is 10.9 Å². The molecule has 2 aromatic rings. The van der Waals surface area contributed by atoms with Crippen LogP contribution < -0.4 is 4.74 Å². The highest BCUT2D eigenvalue weighted by Crippen LogP contribution is 2.36. The molecule has 0 fully saturated rings. The van der Waals surface area contributed by atoms with Gasteiger partial charge in [-0.15, -0.1) is 0 Å². The van der Waals surface area contributed by atoms with Crippen LogP contribution in [0.5, 0.6) is 5.75 Å². The molecular weight excluding hydrogens is 498 g/mol. The Morgan fingerprint density at radius 3 is 2.24 bits per heavy atom. The van der Waals surface area contributed by atoms with E-state index in [1.54, 1.807) is 6.08 Å². The number of aliphatic imine (C=N–C) groups is 1. The Morgan fingerprint density at radius 1 is 1.07 bits per heavy atom. The molecular formula is C23H23Br2NO3. The van der Waals surface area contributed by atoms with Gasteiger partial charge in [-0.3, -0.25) is 0 Å². The summed E-state index contributed by atoms with van der Waals surface area (Å²) in [7, 11) is 0. The molecule has 6 heteroatoms. The second kappa shape index (κ2) is 9.26. The summed E-state index contributed by atoms with van der Waals surface area (Å²) in [5.74, 6) is 1.47. The first-order chi connectivity index (χ1) is 13.7. The lowest BCUT2D eigenvalue weighted by atomic mass is 10.0. The molecule has 0 amide bonds. The van der Waals surface area contributed by atoms with E-state index in [2.05, 4.69) is 64.5 Å². The number of cyclic esters (lactones) is 1. The largest absolute Gasteiger partial charge is 0.491 e. The summed E-state index contributed by atoms with van der Waals surface area (Å²) in [6.07, 6.45) is 1.71. The maximum atomic E-state index is 12.3. The predicted molar refractivity (Wildman–Crippen MR) is 123 cm³/mol. The molecule has 0 radical (unpaired) electrons. The van der Waals surface area contributed by atoms with Crippen molar-refractivity contribution >= 4 is 49.8 Å². The van der Waals surface area contributed by atoms with Gasteiger partial charge >= 0.3 is 5.97 Å². The molecule has 1 aliphatic rings. The number of nitrogens with zero attached hydrogens (tertiary/aromatic N) is 1. The number of carbonyl (C=O) groups is 1. The maximum Gasteiger partial charge on any atom is 0.363 e. The first kappa shape index (κ1) is 21.8. The minimum Gasteiger partial charge on any atom is -0.491 e. The molecule has 29 heavy (non-hydrogen) atoms. The standard InChI is InChI=1S/C23H23Br2NO3/c1-13(2)12-28-21-18(24)9-15(10-19(21)25)11-20-23(27)29-22(26-20)17-7-5-16(6-8-17)14(3)4/h5-11,13-14H,12H2,1-4H3/b20-11-. The molecule has 0 N–H and O–H groups in total. The number of carbonyl (C=O) groups excluding carboxylic acids is 1. The van der Waals surface area contributed by atoms with Gasteiger partial charge in [0.25, 0.3) is 0 Å². The molecule has 0 saturated heterocycles. The Kier molecular flexibility index (Phi) is 6.96. The fourth-order valence-electron chi connectivity index (χ4n) is 2.75. The number of rotatable bonds is 6. The molecule has 0 saturated carbocycles. The van der Waals surface area contributed by atoms with Crippen LogP contribution in [0.25, 0.3) is 6.08 Å². The Bertz CT molecular complexity index is 953. The molecule has 0 aliphatic carbocycles. The molecule has 2 aromatic carbocycles. The van der Waals surface area contributed by atoms with Crippen molar-refractivity contribution in [2.45, 2.75) is 33.6 Å². The van der Waals surface area contributed by atoms with Gasteiger partial charge in [0.2, 0.25) is 5.90 Å². The van der Waals surface area contributed by atoms with Crippen LogP contribution in [0.15, 0.2) is 56.0 Å². The van der Waals surface area contributed by atoms with Crippen molar-refractivity contribution < 1.29 is 14.3 Å². The fourth-order valence-corrected chi connectivity index (χ4v) is 4.20. The van der Waals surface area contributed by atoms with Crippen LogP contribution >= 0.6 is 31.9 Å². The lowest BCUT2D eigenvalue weighted by Crippen LogP contribution is -2.06. The van der Waals surface area contributed by atoms with E-state index in [1.807, 2.05) is 36.4 Å². The molecule has 3 rings (SSSR count). The number of hydrogen-bond acceptors (Lipinski definition) is 4. The zero-order chi connectivity index (χ0) is 21.1. The molecule has 0 atom stereocenters. The van der Waals surface area contributed by atoms with Crippen molar-refractivity contribution in [2.75, 3.05) is 6.61 Å². The highest BCUT2D eigenvalue weighted by atomic mass is 79.9. The Labute approximate surface area is 188 Å². The first-order valence-corrected chi connectivity index (χ1v) is 11.1. The van der Waals surface area contributed by atoms with Crippen LogP contribution in [0, 0.1) is 5.92 Å². The van der Waals surface area contributed by atoms with Crippen molar-refractivity contribution in [3.8, 4) is 5.75 Å². The molecule has 0 bridgehead atoms. The van der Waals surface area contributed by atoms with Crippen molar-refractivity contribution in [3.05, 3.63) is 67.7 Å². The van der Waals surface area contributed by atoms with Gasteiger partial charge in [-0.25, -0.2) is 9.79 Å². The summed E-state index contributed by atoms with van der Waals surface area (Å²) >= 11 is 7.09. The third-order valence-corrected chi connectivity index (χ3v) is 5.51. The molecule has 0 aromatic heterocycles. The van der Waals surface area contributed by atoms with E-state index >= 15 is 0 Å². The number of halogens is 2. The average molecular weight is 521 g/mol. The van der Waals surface area contributed by atoms with Gasteiger partial charge in [-0.05, 0) is 85.2 Å². The van der Waals surface area contributed by atoms with E-state index in [1.165, 1.54) is 5.56 Å². The van der Waals surface area contributed by atoms with E-state index in [4.69, 9.17) is 9.47 Å². The maximum absolute atomic E-state index is 12.3. The number of hydrogen-bond donors (Lipinski definition) is 0. The van der Waals surface area contributed by atoms with Crippen molar-refractivity contribution in [1.82, 2.24) is 0 Å². The third-order valence-electron chi connectivity index (χ3n) is 4.33. The molecule has 1 aliphatic heterocycles. The number of esters is 1. The number of benzene rings is 2. The van der Waals surface area contributed by atoms with Gasteiger partial charge < -0.3 is 9.47 Å². The quantitative estimate of drug-likeness (QED) is 0.314. The van der Waals surface area contributed by atoms with Crippen molar-refractivity contribution in [3.63, 3.8) is 0 Å². The topological polar surface area (TPSA) is 47.9 Å². The Hall–Kier alpha value is -1.92. The molecule has 1 heterocycles. The molecule has 0 unspecified atom stereocenters. The van der Waals surface area contributed by atoms with Crippen LogP contribution in [-0.2, 0) is 9.53 Å². The van der Waals surface area contributed by atoms with E-state index in [-0.39, 0.29) is 5.70 Å². The lowest BCUT2D eigenvalue weighted by Gasteiger charge is -2.13. The van der Waals surface area contributed by atoms with Gasteiger partial charge in [0.05, 0.1) is 15.6 Å². The first-order valence-electron chi connectivity index (χ1n) is 9.49. The van der Waals surface area contributed by atoms with Gasteiger partial charge in [-0.2, -0.15) is 0 Å². The van der Waals surface area contributed by atoms with Crippen LogP contribution in [0.1, 0.15) is 50.3 Å². The van der Waals surface area contributed by atoms with Gasteiger partial charge in [0.15, 0.2) is 5.70 Å². The van der Waals surface area contributed by atoms with E-state index < -0.39 is 5.97 Å². The summed E-state index contributed by atoms with van der Waals surface area (Å²) < 4.78 is 12.8. The van der Waals surface area contributed by atoms with Crippen LogP contribution in [0.4, 0.5) is 0 Å². The van der Waals surface area contributed by atoms with E-state index in [0.717, 1.165) is 25.8 Å². The van der Waals surface area contributed by atoms with Gasteiger partial charge in [-0.1, -0.05) is 39.8 Å². The summed E-state index contributed by atoms with van der Waals surface area (Å²) in [6, 6.07) is 11.7. The highest BCUT2D eigenvalue weighted by Gasteiger charge is 2.24. The van der Waals surface area contributed by atoms with Crippen molar-refractivity contribution in [1.29, 1.82) is 0 Å². The van der Waals surface area contributed by atoms with Crippen LogP contribution in [-0.4, -0.2) is 18.5 Å². The SMILES string of the molecule is CC(C)COc1c(Br)cc(/C=C2\N=C(c3ccc(C(C)C)cc3)OC2=O)cc1Br. The van der Waals surface area contributed by atoms with E-state index in [0.29, 0.717) is 24.3 Å². The Morgan fingerprint density at radius 2 is 1.69 bits per heavy atom. The predicted octanol–water partition coefficient (Wildman–Crippen LogP) is 6.71. The monoisotopic (exact) mass is 519 g/mol. The normalized spacial score (nSPS) is 15.2. The van der Waals surface area contributed by atoms with Crippen LogP contribution in [0.3, 0.4) is 0 Å². The third kappa shape index (κ3) is 5.37. The summed E-state index contributed by atoms with van der Waals surface area (Å²) in [4.78, 5) is 16.7. The fraction of sp³-hybridized carbons (Fsp3) is 0.304. The smallest absolute Gasteiger partial charge is 0.363 e. The molecule has 4 nitrogen and oxygen atoms in total. The second-order valence-electron chi connectivity index (χ2n) is 7.63. The van der Waals surface area contributed by atoms with Gasteiger partial charge in [0.1, 0.15) is 5.75 Å². The lowest BCUT2D eigenvalue weighted by molar-refractivity contribution is -0.129. The number of ether oxygens (including phenoxy) is 2. The van der Waals surface area contributed by atoms with Gasteiger partial charge in [0, 0.05) is 5.56 Å². The van der Waals surface area contributed by atoms with Crippen LogP contribution in [0.2, 0.25) is 0 Å². The zero-order valence-corrected chi connectivity index (χ0v) is 20.0. The summed E-state index contributed by atoms with van der Waals surface area (Å²) in [5, 5.41) is 0. The summed E-state index contributed by atoms with van der Waals surface area (Å²) in [5.41, 5.74) is 3.09.